The molecular weight excluding hydrogens is 444 g/mol. The van der Waals surface area contributed by atoms with Gasteiger partial charge in [-0.3, -0.25) is 0 Å². The summed E-state index contributed by atoms with van der Waals surface area (Å²) in [6.07, 6.45) is 2.78. The van der Waals surface area contributed by atoms with E-state index in [0.717, 1.165) is 55.1 Å². The SMILES string of the molecule is O=C(NCCC1CCN(c2cccc(-c3ccc4ccccc4c3)n2)CC1)OCc1cscn1. The third-order valence-corrected chi connectivity index (χ3v) is 7.01. The van der Waals surface area contributed by atoms with Gasteiger partial charge in [-0.2, -0.15) is 0 Å². The summed E-state index contributed by atoms with van der Waals surface area (Å²) < 4.78 is 5.20. The molecule has 6 nitrogen and oxygen atoms in total. The number of aromatic nitrogens is 2. The molecule has 3 heterocycles. The first-order valence-electron chi connectivity index (χ1n) is 11.7. The van der Waals surface area contributed by atoms with Gasteiger partial charge in [-0.25, -0.2) is 14.8 Å². The van der Waals surface area contributed by atoms with Crippen molar-refractivity contribution in [2.75, 3.05) is 24.5 Å². The molecule has 0 aliphatic carbocycles. The van der Waals surface area contributed by atoms with Gasteiger partial charge in [0.2, 0.25) is 0 Å². The lowest BCUT2D eigenvalue weighted by molar-refractivity contribution is 0.137. The summed E-state index contributed by atoms with van der Waals surface area (Å²) in [6, 6.07) is 21.2. The van der Waals surface area contributed by atoms with Crippen LogP contribution in [-0.4, -0.2) is 35.7 Å². The number of fused-ring (bicyclic) bond motifs is 1. The first-order valence-corrected chi connectivity index (χ1v) is 12.7. The van der Waals surface area contributed by atoms with Crippen molar-refractivity contribution >= 4 is 34.0 Å². The first kappa shape index (κ1) is 22.3. The highest BCUT2D eigenvalue weighted by molar-refractivity contribution is 7.07. The van der Waals surface area contributed by atoms with Crippen molar-refractivity contribution < 1.29 is 9.53 Å². The Hall–Kier alpha value is -3.45. The van der Waals surface area contributed by atoms with Gasteiger partial charge in [0.25, 0.3) is 0 Å². The number of piperidine rings is 1. The Labute approximate surface area is 203 Å². The van der Waals surface area contributed by atoms with Crippen LogP contribution in [0.15, 0.2) is 71.6 Å². The van der Waals surface area contributed by atoms with Crippen LogP contribution in [0.4, 0.5) is 10.6 Å². The lowest BCUT2D eigenvalue weighted by Gasteiger charge is -2.33. The van der Waals surface area contributed by atoms with Crippen molar-refractivity contribution in [1.29, 1.82) is 0 Å². The molecule has 0 saturated carbocycles. The third-order valence-electron chi connectivity index (χ3n) is 6.37. The molecule has 0 radical (unpaired) electrons. The highest BCUT2D eigenvalue weighted by Crippen LogP contribution is 2.27. The van der Waals surface area contributed by atoms with E-state index in [1.165, 1.54) is 22.1 Å². The Morgan fingerprint density at radius 2 is 1.91 bits per heavy atom. The lowest BCUT2D eigenvalue weighted by atomic mass is 9.93. The van der Waals surface area contributed by atoms with E-state index in [4.69, 9.17) is 9.72 Å². The van der Waals surface area contributed by atoms with Gasteiger partial charge in [0.15, 0.2) is 0 Å². The lowest BCUT2D eigenvalue weighted by Crippen LogP contribution is -2.35. The zero-order chi connectivity index (χ0) is 23.2. The quantitative estimate of drug-likeness (QED) is 0.363. The van der Waals surface area contributed by atoms with E-state index in [1.54, 1.807) is 5.51 Å². The summed E-state index contributed by atoms with van der Waals surface area (Å²) in [6.45, 7) is 2.81. The number of ether oxygens (including phenoxy) is 1. The summed E-state index contributed by atoms with van der Waals surface area (Å²) >= 11 is 1.49. The maximum Gasteiger partial charge on any atom is 0.407 e. The van der Waals surface area contributed by atoms with Gasteiger partial charge in [0.1, 0.15) is 12.4 Å². The molecule has 0 bridgehead atoms. The summed E-state index contributed by atoms with van der Waals surface area (Å²) in [4.78, 5) is 23.3. The Bertz CT molecular complexity index is 1240. The molecule has 2 aromatic carbocycles. The summed E-state index contributed by atoms with van der Waals surface area (Å²) in [5.41, 5.74) is 4.66. The predicted molar refractivity (Wildman–Crippen MR) is 137 cm³/mol. The molecule has 174 valence electrons. The fourth-order valence-corrected chi connectivity index (χ4v) is 4.98. The fraction of sp³-hybridized carbons (Fsp3) is 0.296. The molecule has 1 fully saturated rings. The van der Waals surface area contributed by atoms with E-state index in [2.05, 4.69) is 75.9 Å². The minimum Gasteiger partial charge on any atom is -0.443 e. The molecule has 1 aliphatic heterocycles. The van der Waals surface area contributed by atoms with Gasteiger partial charge in [-0.15, -0.1) is 11.3 Å². The minimum absolute atomic E-state index is 0.221. The smallest absolute Gasteiger partial charge is 0.407 e. The number of carbonyl (C=O) groups is 1. The number of nitrogens with zero attached hydrogens (tertiary/aromatic N) is 3. The Morgan fingerprint density at radius 1 is 1.06 bits per heavy atom. The van der Waals surface area contributed by atoms with Gasteiger partial charge in [-0.05, 0) is 54.2 Å². The van der Waals surface area contributed by atoms with Crippen LogP contribution < -0.4 is 10.2 Å². The van der Waals surface area contributed by atoms with E-state index < -0.39 is 0 Å². The van der Waals surface area contributed by atoms with Crippen LogP contribution >= 0.6 is 11.3 Å². The predicted octanol–water partition coefficient (Wildman–Crippen LogP) is 5.89. The molecule has 4 aromatic rings. The number of rotatable bonds is 7. The van der Waals surface area contributed by atoms with Crippen LogP contribution in [-0.2, 0) is 11.3 Å². The van der Waals surface area contributed by atoms with Crippen LogP contribution in [0.25, 0.3) is 22.0 Å². The highest BCUT2D eigenvalue weighted by atomic mass is 32.1. The monoisotopic (exact) mass is 472 g/mol. The molecular formula is C27H28N4O2S. The van der Waals surface area contributed by atoms with Crippen molar-refractivity contribution in [3.8, 4) is 11.3 Å². The van der Waals surface area contributed by atoms with Gasteiger partial charge >= 0.3 is 6.09 Å². The Balaban J connectivity index is 1.10. The number of carbonyl (C=O) groups excluding carboxylic acids is 1. The summed E-state index contributed by atoms with van der Waals surface area (Å²) in [5, 5.41) is 7.22. The minimum atomic E-state index is -0.375. The number of nitrogens with one attached hydrogen (secondary N) is 1. The molecule has 0 atom stereocenters. The Kier molecular flexibility index (Phi) is 7.00. The van der Waals surface area contributed by atoms with Crippen LogP contribution in [0.2, 0.25) is 0 Å². The van der Waals surface area contributed by atoms with Crippen LogP contribution in [0.3, 0.4) is 0 Å². The topological polar surface area (TPSA) is 67.4 Å². The molecule has 0 spiro atoms. The average Bonchev–Trinajstić information content (AvgIpc) is 3.42. The zero-order valence-corrected chi connectivity index (χ0v) is 19.8. The van der Waals surface area contributed by atoms with E-state index >= 15 is 0 Å². The maximum atomic E-state index is 11.9. The summed E-state index contributed by atoms with van der Waals surface area (Å²) in [5.74, 6) is 1.63. The normalized spacial score (nSPS) is 14.3. The molecule has 0 unspecified atom stereocenters. The van der Waals surface area contributed by atoms with E-state index in [9.17, 15) is 4.79 Å². The average molecular weight is 473 g/mol. The number of hydrogen-bond acceptors (Lipinski definition) is 6. The van der Waals surface area contributed by atoms with Crippen LogP contribution in [0.1, 0.15) is 25.0 Å². The molecule has 7 heteroatoms. The summed E-state index contributed by atoms with van der Waals surface area (Å²) in [7, 11) is 0. The van der Waals surface area contributed by atoms with Crippen LogP contribution in [0, 0.1) is 5.92 Å². The van der Waals surface area contributed by atoms with E-state index in [-0.39, 0.29) is 12.7 Å². The zero-order valence-electron chi connectivity index (χ0n) is 19.0. The molecule has 1 N–H and O–H groups in total. The van der Waals surface area contributed by atoms with E-state index in [1.807, 2.05) is 5.38 Å². The standard InChI is InChI=1S/C27H28N4O2S/c32-27(33-17-24-18-34-19-29-24)28-13-10-20-11-14-31(15-12-20)26-7-3-6-25(30-26)23-9-8-21-4-1-2-5-22(21)16-23/h1-9,16,18-20H,10-15,17H2,(H,28,32). The molecule has 34 heavy (non-hydrogen) atoms. The highest BCUT2D eigenvalue weighted by Gasteiger charge is 2.20. The number of alkyl carbamates (subject to hydrolysis) is 1. The maximum absolute atomic E-state index is 11.9. The van der Waals surface area contributed by atoms with Crippen LogP contribution in [0.5, 0.6) is 0 Å². The fourth-order valence-electron chi connectivity index (χ4n) is 4.44. The van der Waals surface area contributed by atoms with Crippen molar-refractivity contribution in [3.05, 3.63) is 77.2 Å². The second kappa shape index (κ2) is 10.7. The number of anilines is 1. The molecule has 5 rings (SSSR count). The van der Waals surface area contributed by atoms with Crippen molar-refractivity contribution in [1.82, 2.24) is 15.3 Å². The number of thiazole rings is 1. The van der Waals surface area contributed by atoms with Crippen molar-refractivity contribution in [2.45, 2.75) is 25.9 Å². The van der Waals surface area contributed by atoms with Gasteiger partial charge < -0.3 is 15.0 Å². The molecule has 2 aromatic heterocycles. The molecule has 1 saturated heterocycles. The number of benzene rings is 2. The largest absolute Gasteiger partial charge is 0.443 e. The van der Waals surface area contributed by atoms with Crippen molar-refractivity contribution in [2.24, 2.45) is 5.92 Å². The molecule has 1 amide bonds. The third kappa shape index (κ3) is 5.54. The number of pyridine rings is 1. The number of amides is 1. The van der Waals surface area contributed by atoms with Gasteiger partial charge in [0, 0.05) is 30.6 Å². The van der Waals surface area contributed by atoms with E-state index in [0.29, 0.717) is 12.5 Å². The first-order chi connectivity index (χ1) is 16.7. The van der Waals surface area contributed by atoms with Gasteiger partial charge in [0.05, 0.1) is 16.9 Å². The second-order valence-corrected chi connectivity index (χ2v) is 9.36. The Morgan fingerprint density at radius 3 is 2.74 bits per heavy atom. The number of hydrogen-bond donors (Lipinski definition) is 1. The van der Waals surface area contributed by atoms with Gasteiger partial charge in [-0.1, -0.05) is 42.5 Å². The van der Waals surface area contributed by atoms with Crippen molar-refractivity contribution in [3.63, 3.8) is 0 Å². The second-order valence-electron chi connectivity index (χ2n) is 8.64. The molecule has 1 aliphatic rings.